The Morgan fingerprint density at radius 1 is 1.14 bits per heavy atom. The second-order valence-corrected chi connectivity index (χ2v) is 10.7. The molecule has 4 heterocycles. The number of aromatic nitrogens is 2. The van der Waals surface area contributed by atoms with Gasteiger partial charge in [-0.2, -0.15) is 23.3 Å². The Morgan fingerprint density at radius 2 is 1.97 bits per heavy atom. The van der Waals surface area contributed by atoms with E-state index in [0.29, 0.717) is 22.6 Å². The molecule has 6 rings (SSSR count). The summed E-state index contributed by atoms with van der Waals surface area (Å²) >= 11 is 1.41. The number of aliphatic imine (C=N–C) groups is 1. The smallest absolute Gasteiger partial charge is 0.345 e. The number of likely N-dealkylation sites (N-methyl/N-ethyl adjacent to an activating group) is 1. The molecular weight excluding hydrogens is 487 g/mol. The third-order valence-corrected chi connectivity index (χ3v) is 8.24. The van der Waals surface area contributed by atoms with E-state index >= 15 is 0 Å². The lowest BCUT2D eigenvalue weighted by Crippen LogP contribution is -2.46. The predicted molar refractivity (Wildman–Crippen MR) is 135 cm³/mol. The van der Waals surface area contributed by atoms with Crippen LogP contribution in [0.3, 0.4) is 0 Å². The van der Waals surface area contributed by atoms with Gasteiger partial charge in [-0.25, -0.2) is 0 Å². The lowest BCUT2D eigenvalue weighted by atomic mass is 10.0. The number of rotatable bonds is 3. The van der Waals surface area contributed by atoms with Crippen LogP contribution < -0.4 is 0 Å². The van der Waals surface area contributed by atoms with Gasteiger partial charge >= 0.3 is 6.18 Å². The normalized spacial score (nSPS) is 23.5. The molecule has 6 nitrogen and oxygen atoms in total. The number of halogens is 3. The molecule has 0 N–H and O–H groups in total. The topological polar surface area (TPSA) is 53.7 Å². The van der Waals surface area contributed by atoms with Crippen LogP contribution in [-0.2, 0) is 17.5 Å². The van der Waals surface area contributed by atoms with Gasteiger partial charge in [0, 0.05) is 30.6 Å². The van der Waals surface area contributed by atoms with Crippen molar-refractivity contribution in [3.8, 4) is 0 Å². The Balaban J connectivity index is 1.22. The molecule has 0 aliphatic carbocycles. The molecule has 3 aromatic rings. The fourth-order valence-corrected chi connectivity index (χ4v) is 6.34. The van der Waals surface area contributed by atoms with Gasteiger partial charge in [-0.1, -0.05) is 23.8 Å². The summed E-state index contributed by atoms with van der Waals surface area (Å²) < 4.78 is 42.2. The number of benzene rings is 2. The number of piperazine rings is 1. The van der Waals surface area contributed by atoms with Gasteiger partial charge in [-0.05, 0) is 67.6 Å². The van der Waals surface area contributed by atoms with Crippen molar-refractivity contribution in [3.05, 3.63) is 69.8 Å². The highest BCUT2D eigenvalue weighted by Crippen LogP contribution is 2.38. The van der Waals surface area contributed by atoms with Crippen LogP contribution >= 0.6 is 11.8 Å². The maximum Gasteiger partial charge on any atom is 0.416 e. The number of hydrogen-bond donors (Lipinski definition) is 0. The number of fused-ring (bicyclic) bond motifs is 3. The van der Waals surface area contributed by atoms with Crippen LogP contribution in [0.1, 0.15) is 28.7 Å². The van der Waals surface area contributed by atoms with E-state index in [9.17, 15) is 18.0 Å². The quantitative estimate of drug-likeness (QED) is 0.475. The lowest BCUT2D eigenvalue weighted by molar-refractivity contribution is -0.138. The van der Waals surface area contributed by atoms with Crippen molar-refractivity contribution in [1.29, 1.82) is 0 Å². The molecule has 1 amide bonds. The average molecular weight is 512 g/mol. The summed E-state index contributed by atoms with van der Waals surface area (Å²) in [5, 5.41) is 5.91. The predicted octanol–water partition coefficient (Wildman–Crippen LogP) is 4.77. The molecule has 36 heavy (non-hydrogen) atoms. The van der Waals surface area contributed by atoms with Crippen molar-refractivity contribution >= 4 is 39.8 Å². The molecule has 0 saturated carbocycles. The standard InChI is InChI=1S/C26H24F3N5OS/c1-15-3-5-17(21(7-15)26(27,28)29)12-34-22-6-4-16(8-18(22)11-30-34)9-23-24(35)31-25(36-23)33-14-19-10-20(33)13-32(19)2/h3-9,11,19-20H,10,12-14H2,1-2H3/b23-9-/t19-,20-/m1/s1. The summed E-state index contributed by atoms with van der Waals surface area (Å²) in [6, 6.07) is 10.9. The third kappa shape index (κ3) is 4.12. The van der Waals surface area contributed by atoms with Crippen LogP contribution in [0, 0.1) is 6.92 Å². The number of thioether (sulfide) groups is 1. The number of alkyl halides is 3. The zero-order valence-corrected chi connectivity index (χ0v) is 20.6. The molecule has 2 atom stereocenters. The molecule has 186 valence electrons. The van der Waals surface area contributed by atoms with Gasteiger partial charge < -0.3 is 4.90 Å². The molecule has 0 radical (unpaired) electrons. The van der Waals surface area contributed by atoms with Crippen molar-refractivity contribution < 1.29 is 18.0 Å². The Morgan fingerprint density at radius 3 is 2.69 bits per heavy atom. The fraction of sp³-hybridized carbons (Fsp3) is 0.346. The zero-order chi connectivity index (χ0) is 25.2. The van der Waals surface area contributed by atoms with Crippen LogP contribution in [0.25, 0.3) is 17.0 Å². The van der Waals surface area contributed by atoms with E-state index < -0.39 is 11.7 Å². The number of amidine groups is 1. The van der Waals surface area contributed by atoms with Gasteiger partial charge in [-0.15, -0.1) is 0 Å². The van der Waals surface area contributed by atoms with E-state index in [-0.39, 0.29) is 18.0 Å². The van der Waals surface area contributed by atoms with Crippen molar-refractivity contribution in [2.24, 2.45) is 4.99 Å². The lowest BCUT2D eigenvalue weighted by Gasteiger charge is -2.32. The molecule has 1 aromatic heterocycles. The van der Waals surface area contributed by atoms with Crippen LogP contribution in [0.2, 0.25) is 0 Å². The van der Waals surface area contributed by atoms with Gasteiger partial charge in [0.1, 0.15) is 0 Å². The molecule has 2 aromatic carbocycles. The van der Waals surface area contributed by atoms with Crippen LogP contribution in [0.5, 0.6) is 0 Å². The molecule has 0 spiro atoms. The van der Waals surface area contributed by atoms with Crippen molar-refractivity contribution in [1.82, 2.24) is 19.6 Å². The maximum absolute atomic E-state index is 13.6. The minimum atomic E-state index is -4.43. The van der Waals surface area contributed by atoms with Crippen LogP contribution in [0.4, 0.5) is 13.2 Å². The molecule has 0 unspecified atom stereocenters. The van der Waals surface area contributed by atoms with E-state index in [2.05, 4.69) is 26.9 Å². The molecule has 2 fully saturated rings. The summed E-state index contributed by atoms with van der Waals surface area (Å²) in [6.07, 6.45) is 0.141. The largest absolute Gasteiger partial charge is 0.416 e. The first-order valence-corrected chi connectivity index (χ1v) is 12.6. The van der Waals surface area contributed by atoms with Gasteiger partial charge in [0.2, 0.25) is 0 Å². The Hall–Kier alpha value is -3.11. The Labute approximate surface area is 210 Å². The van der Waals surface area contributed by atoms with E-state index in [0.717, 1.165) is 41.1 Å². The first-order chi connectivity index (χ1) is 17.2. The summed E-state index contributed by atoms with van der Waals surface area (Å²) in [7, 11) is 2.14. The SMILES string of the molecule is Cc1ccc(Cn2ncc3cc(/C=C4\SC(N5C[C@H]6C[C@@H]5CN6C)=NC4=O)ccc32)c(C(F)(F)F)c1. The van der Waals surface area contributed by atoms with Crippen molar-refractivity contribution in [2.45, 2.75) is 38.1 Å². The van der Waals surface area contributed by atoms with E-state index in [1.807, 2.05) is 24.3 Å². The number of carbonyl (C=O) groups excluding carboxylic acids is 1. The monoisotopic (exact) mass is 511 g/mol. The zero-order valence-electron chi connectivity index (χ0n) is 19.8. The Kier molecular flexibility index (Phi) is 5.49. The van der Waals surface area contributed by atoms with Crippen molar-refractivity contribution in [3.63, 3.8) is 0 Å². The summed E-state index contributed by atoms with van der Waals surface area (Å²) in [6.45, 7) is 3.55. The highest BCUT2D eigenvalue weighted by molar-refractivity contribution is 8.18. The molecule has 3 aliphatic rings. The number of amides is 1. The minimum Gasteiger partial charge on any atom is -0.345 e. The summed E-state index contributed by atoms with van der Waals surface area (Å²) in [5.41, 5.74) is 1.64. The first-order valence-electron chi connectivity index (χ1n) is 11.8. The summed E-state index contributed by atoms with van der Waals surface area (Å²) in [5.74, 6) is -0.235. The fourth-order valence-electron chi connectivity index (χ4n) is 5.35. The third-order valence-electron chi connectivity index (χ3n) is 7.22. The van der Waals surface area contributed by atoms with Crippen LogP contribution in [0.15, 0.2) is 52.5 Å². The minimum absolute atomic E-state index is 0.0117. The van der Waals surface area contributed by atoms with Gasteiger partial charge in [0.25, 0.3) is 5.91 Å². The molecule has 10 heteroatoms. The Bertz CT molecular complexity index is 1440. The second kappa shape index (κ2) is 8.48. The number of carbonyl (C=O) groups is 1. The maximum atomic E-state index is 13.6. The van der Waals surface area contributed by atoms with Gasteiger partial charge in [0.15, 0.2) is 5.17 Å². The van der Waals surface area contributed by atoms with Gasteiger partial charge in [0.05, 0.1) is 28.7 Å². The second-order valence-electron chi connectivity index (χ2n) is 9.72. The highest BCUT2D eigenvalue weighted by atomic mass is 32.2. The number of aryl methyl sites for hydroxylation is 1. The number of hydrogen-bond acceptors (Lipinski definition) is 5. The highest BCUT2D eigenvalue weighted by Gasteiger charge is 2.44. The van der Waals surface area contributed by atoms with E-state index in [1.54, 1.807) is 23.9 Å². The average Bonchev–Trinajstić information content (AvgIpc) is 3.58. The van der Waals surface area contributed by atoms with Gasteiger partial charge in [-0.3, -0.25) is 14.4 Å². The molecule has 3 aliphatic heterocycles. The molecular formula is C26H24F3N5OS. The summed E-state index contributed by atoms with van der Waals surface area (Å²) in [4.78, 5) is 22.1. The van der Waals surface area contributed by atoms with E-state index in [4.69, 9.17) is 0 Å². The number of likely N-dealkylation sites (tertiary alicyclic amines) is 2. The van der Waals surface area contributed by atoms with Crippen LogP contribution in [-0.4, -0.2) is 62.9 Å². The van der Waals surface area contributed by atoms with E-state index in [1.165, 1.54) is 23.9 Å². The molecule has 2 saturated heterocycles. The first kappa shape index (κ1) is 23.3. The number of nitrogens with zero attached hydrogens (tertiary/aromatic N) is 5. The molecule has 2 bridgehead atoms. The van der Waals surface area contributed by atoms with Crippen molar-refractivity contribution in [2.75, 3.05) is 20.1 Å².